The first kappa shape index (κ1) is 24.6. The van der Waals surface area contributed by atoms with Crippen molar-refractivity contribution >= 4 is 5.91 Å². The fraction of sp³-hybridized carbons (Fsp3) is 0.296. The van der Waals surface area contributed by atoms with Crippen molar-refractivity contribution < 1.29 is 27.1 Å². The first-order valence-corrected chi connectivity index (χ1v) is 11.4. The van der Waals surface area contributed by atoms with E-state index in [1.807, 2.05) is 35.2 Å². The van der Waals surface area contributed by atoms with E-state index < -0.39 is 11.7 Å². The Bertz CT molecular complexity index is 1160. The summed E-state index contributed by atoms with van der Waals surface area (Å²) in [5.74, 6) is 1.33. The van der Waals surface area contributed by atoms with E-state index in [9.17, 15) is 18.0 Å². The van der Waals surface area contributed by atoms with Gasteiger partial charge in [0.15, 0.2) is 5.76 Å². The summed E-state index contributed by atoms with van der Waals surface area (Å²) in [6.45, 7) is 6.44. The van der Waals surface area contributed by atoms with Crippen molar-refractivity contribution in [3.05, 3.63) is 102 Å². The second kappa shape index (κ2) is 10.8. The molecule has 1 aromatic heterocycles. The number of rotatable bonds is 8. The summed E-state index contributed by atoms with van der Waals surface area (Å²) in [6.07, 6.45) is -1.86. The van der Waals surface area contributed by atoms with Crippen LogP contribution in [0.4, 0.5) is 13.2 Å². The van der Waals surface area contributed by atoms with Gasteiger partial charge in [0.2, 0.25) is 0 Å². The average Bonchev–Trinajstić information content (AvgIpc) is 3.32. The number of para-hydroxylation sites is 1. The quantitative estimate of drug-likeness (QED) is 0.393. The molecule has 0 bridgehead atoms. The Hall–Kier alpha value is -3.52. The van der Waals surface area contributed by atoms with Crippen molar-refractivity contribution in [2.45, 2.75) is 25.7 Å². The molecule has 0 atom stereocenters. The van der Waals surface area contributed by atoms with Gasteiger partial charge >= 0.3 is 6.18 Å². The molecule has 8 heteroatoms. The zero-order valence-electron chi connectivity index (χ0n) is 19.3. The molecule has 0 spiro atoms. The number of carbonyl (C=O) groups is 1. The molecule has 3 aromatic rings. The monoisotopic (exact) mass is 484 g/mol. The van der Waals surface area contributed by atoms with Crippen LogP contribution in [0.5, 0.6) is 5.75 Å². The predicted molar refractivity (Wildman–Crippen MR) is 126 cm³/mol. The van der Waals surface area contributed by atoms with Crippen LogP contribution in [-0.2, 0) is 25.7 Å². The molecular formula is C27H27F3N2O3. The van der Waals surface area contributed by atoms with Crippen LogP contribution in [0.3, 0.4) is 0 Å². The molecule has 1 fully saturated rings. The maximum atomic E-state index is 13.0. The van der Waals surface area contributed by atoms with Crippen LogP contribution < -0.4 is 4.74 Å². The van der Waals surface area contributed by atoms with Gasteiger partial charge in [0, 0.05) is 32.7 Å². The SMILES string of the molecule is C=CCc1ccccc1OCc1ccc(C(=O)N2CCN(Cc3cccc(C(F)(F)F)c3)CC2)o1. The molecular weight excluding hydrogens is 457 g/mol. The summed E-state index contributed by atoms with van der Waals surface area (Å²) < 4.78 is 50.5. The minimum atomic E-state index is -4.36. The van der Waals surface area contributed by atoms with Crippen LogP contribution in [0.15, 0.2) is 77.7 Å². The van der Waals surface area contributed by atoms with Crippen LogP contribution in [-0.4, -0.2) is 41.9 Å². The summed E-state index contributed by atoms with van der Waals surface area (Å²) >= 11 is 0. The Morgan fingerprint density at radius 2 is 1.80 bits per heavy atom. The number of piperazine rings is 1. The highest BCUT2D eigenvalue weighted by Crippen LogP contribution is 2.30. The largest absolute Gasteiger partial charge is 0.485 e. The lowest BCUT2D eigenvalue weighted by molar-refractivity contribution is -0.137. The molecule has 5 nitrogen and oxygen atoms in total. The molecule has 0 unspecified atom stereocenters. The lowest BCUT2D eigenvalue weighted by Gasteiger charge is -2.34. The molecule has 35 heavy (non-hydrogen) atoms. The van der Waals surface area contributed by atoms with Crippen LogP contribution in [0, 0.1) is 0 Å². The van der Waals surface area contributed by atoms with Gasteiger partial charge in [-0.2, -0.15) is 13.2 Å². The number of amides is 1. The molecule has 1 saturated heterocycles. The molecule has 1 aliphatic rings. The van der Waals surface area contributed by atoms with Gasteiger partial charge in [-0.1, -0.05) is 42.5 Å². The number of alkyl halides is 3. The number of carbonyl (C=O) groups excluding carboxylic acids is 1. The summed E-state index contributed by atoms with van der Waals surface area (Å²) in [7, 11) is 0. The standard InChI is InChI=1S/C27H27F3N2O3/c1-2-6-21-8-3-4-10-24(21)34-19-23-11-12-25(35-23)26(33)32-15-13-31(14-16-32)18-20-7-5-9-22(17-20)27(28,29)30/h2-5,7-12,17H,1,6,13-16,18-19H2. The minimum absolute atomic E-state index is 0.201. The van der Waals surface area contributed by atoms with Crippen molar-refractivity contribution in [1.29, 1.82) is 0 Å². The van der Waals surface area contributed by atoms with Gasteiger partial charge in [0.25, 0.3) is 5.91 Å². The number of allylic oxidation sites excluding steroid dienone is 1. The fourth-order valence-corrected chi connectivity index (χ4v) is 4.06. The second-order valence-electron chi connectivity index (χ2n) is 8.42. The number of furan rings is 1. The van der Waals surface area contributed by atoms with Crippen molar-refractivity contribution in [3.8, 4) is 5.75 Å². The molecule has 0 radical (unpaired) electrons. The van der Waals surface area contributed by atoms with E-state index in [1.165, 1.54) is 12.1 Å². The normalized spacial score (nSPS) is 14.7. The van der Waals surface area contributed by atoms with Gasteiger partial charge in [-0.05, 0) is 41.8 Å². The third kappa shape index (κ3) is 6.33. The fourth-order valence-electron chi connectivity index (χ4n) is 4.06. The lowest BCUT2D eigenvalue weighted by atomic mass is 10.1. The zero-order valence-corrected chi connectivity index (χ0v) is 19.3. The average molecular weight is 485 g/mol. The third-order valence-corrected chi connectivity index (χ3v) is 5.90. The first-order chi connectivity index (χ1) is 16.8. The molecule has 1 amide bonds. The van der Waals surface area contributed by atoms with Crippen LogP contribution >= 0.6 is 0 Å². The molecule has 1 aliphatic heterocycles. The van der Waals surface area contributed by atoms with Crippen LogP contribution in [0.1, 0.15) is 33.0 Å². The van der Waals surface area contributed by atoms with Gasteiger partial charge in [0.1, 0.15) is 18.1 Å². The Kier molecular flexibility index (Phi) is 7.60. The number of halogens is 3. The Morgan fingerprint density at radius 1 is 1.03 bits per heavy atom. The summed E-state index contributed by atoms with van der Waals surface area (Å²) in [5.41, 5.74) is 0.976. The highest BCUT2D eigenvalue weighted by Gasteiger charge is 2.31. The van der Waals surface area contributed by atoms with E-state index in [0.717, 1.165) is 17.4 Å². The molecule has 0 aliphatic carbocycles. The van der Waals surface area contributed by atoms with E-state index in [4.69, 9.17) is 9.15 Å². The van der Waals surface area contributed by atoms with Crippen molar-refractivity contribution in [2.75, 3.05) is 26.2 Å². The van der Waals surface area contributed by atoms with Crippen molar-refractivity contribution in [3.63, 3.8) is 0 Å². The van der Waals surface area contributed by atoms with Gasteiger partial charge in [0.05, 0.1) is 5.56 Å². The third-order valence-electron chi connectivity index (χ3n) is 5.90. The molecule has 0 N–H and O–H groups in total. The highest BCUT2D eigenvalue weighted by atomic mass is 19.4. The lowest BCUT2D eigenvalue weighted by Crippen LogP contribution is -2.48. The van der Waals surface area contributed by atoms with E-state index in [0.29, 0.717) is 50.5 Å². The van der Waals surface area contributed by atoms with Crippen molar-refractivity contribution in [2.24, 2.45) is 0 Å². The summed E-state index contributed by atoms with van der Waals surface area (Å²) in [5, 5.41) is 0. The molecule has 0 saturated carbocycles. The van der Waals surface area contributed by atoms with Crippen LogP contribution in [0.25, 0.3) is 0 Å². The predicted octanol–water partition coefficient (Wildman–Crippen LogP) is 5.56. The van der Waals surface area contributed by atoms with Crippen molar-refractivity contribution in [1.82, 2.24) is 9.80 Å². The molecule has 2 aromatic carbocycles. The van der Waals surface area contributed by atoms with E-state index in [-0.39, 0.29) is 18.3 Å². The maximum Gasteiger partial charge on any atom is 0.416 e. The number of nitrogens with zero attached hydrogens (tertiary/aromatic N) is 2. The van der Waals surface area contributed by atoms with E-state index >= 15 is 0 Å². The first-order valence-electron chi connectivity index (χ1n) is 11.4. The van der Waals surface area contributed by atoms with Gasteiger partial charge in [-0.15, -0.1) is 6.58 Å². The smallest absolute Gasteiger partial charge is 0.416 e. The highest BCUT2D eigenvalue weighted by molar-refractivity contribution is 5.91. The Balaban J connectivity index is 1.29. The van der Waals surface area contributed by atoms with Crippen LogP contribution in [0.2, 0.25) is 0 Å². The molecule has 2 heterocycles. The van der Waals surface area contributed by atoms with Gasteiger partial charge in [-0.3, -0.25) is 9.69 Å². The number of benzene rings is 2. The topological polar surface area (TPSA) is 45.9 Å². The number of hydrogen-bond donors (Lipinski definition) is 0. The summed E-state index contributed by atoms with van der Waals surface area (Å²) in [4.78, 5) is 16.6. The van der Waals surface area contributed by atoms with Gasteiger partial charge < -0.3 is 14.1 Å². The zero-order chi connectivity index (χ0) is 24.8. The minimum Gasteiger partial charge on any atom is -0.485 e. The number of hydrogen-bond acceptors (Lipinski definition) is 4. The summed E-state index contributed by atoms with van der Waals surface area (Å²) in [6, 6.07) is 16.4. The Labute approximate surface area is 202 Å². The second-order valence-corrected chi connectivity index (χ2v) is 8.42. The Morgan fingerprint density at radius 3 is 2.54 bits per heavy atom. The molecule has 184 valence electrons. The molecule has 4 rings (SSSR count). The number of ether oxygens (including phenoxy) is 1. The maximum absolute atomic E-state index is 13.0. The van der Waals surface area contributed by atoms with Gasteiger partial charge in [-0.25, -0.2) is 0 Å². The van der Waals surface area contributed by atoms with E-state index in [2.05, 4.69) is 6.58 Å². The van der Waals surface area contributed by atoms with E-state index in [1.54, 1.807) is 23.1 Å².